The van der Waals surface area contributed by atoms with Crippen molar-refractivity contribution in [2.45, 2.75) is 33.6 Å². The zero-order valence-electron chi connectivity index (χ0n) is 8.35. The van der Waals surface area contributed by atoms with Crippen LogP contribution in [0.15, 0.2) is 35.5 Å². The third kappa shape index (κ3) is 1.69. The minimum atomic E-state index is 0.668. The van der Waals surface area contributed by atoms with Crippen molar-refractivity contribution in [3.63, 3.8) is 0 Å². The zero-order chi connectivity index (χ0) is 9.14. The van der Waals surface area contributed by atoms with Gasteiger partial charge in [-0.3, -0.25) is 0 Å². The van der Waals surface area contributed by atoms with Crippen molar-refractivity contribution < 1.29 is 0 Å². The first-order chi connectivity index (χ1) is 5.66. The Morgan fingerprint density at radius 3 is 2.58 bits per heavy atom. The van der Waals surface area contributed by atoms with Gasteiger partial charge in [-0.1, -0.05) is 37.1 Å². The van der Waals surface area contributed by atoms with Gasteiger partial charge in [-0.25, -0.2) is 0 Å². The van der Waals surface area contributed by atoms with Crippen molar-refractivity contribution in [1.82, 2.24) is 0 Å². The van der Waals surface area contributed by atoms with Crippen LogP contribution in [0.3, 0.4) is 0 Å². The van der Waals surface area contributed by atoms with Crippen LogP contribution in [0.2, 0.25) is 0 Å². The molecule has 0 unspecified atom stereocenters. The summed E-state index contributed by atoms with van der Waals surface area (Å²) in [5.74, 6) is 0.668. The molecule has 0 fully saturated rings. The minimum Gasteiger partial charge on any atom is -0.103 e. The summed E-state index contributed by atoms with van der Waals surface area (Å²) >= 11 is 0. The molecule has 1 aliphatic rings. The highest BCUT2D eigenvalue weighted by Crippen LogP contribution is 2.33. The molecule has 0 heterocycles. The molecule has 0 bridgehead atoms. The van der Waals surface area contributed by atoms with Gasteiger partial charge < -0.3 is 0 Å². The molecule has 0 saturated heterocycles. The van der Waals surface area contributed by atoms with Gasteiger partial charge in [-0.15, -0.1) is 6.58 Å². The second kappa shape index (κ2) is 3.75. The summed E-state index contributed by atoms with van der Waals surface area (Å²) in [6, 6.07) is 0. The van der Waals surface area contributed by atoms with Crippen molar-refractivity contribution in [2.75, 3.05) is 0 Å². The minimum absolute atomic E-state index is 0.668. The fourth-order valence-electron chi connectivity index (χ4n) is 1.66. The Morgan fingerprint density at radius 1 is 1.67 bits per heavy atom. The molecule has 0 aromatic rings. The normalized spacial score (nSPS) is 20.2. The predicted octanol–water partition coefficient (Wildman–Crippen LogP) is 3.87. The second-order valence-corrected chi connectivity index (χ2v) is 3.74. The molecule has 1 rings (SSSR count). The van der Waals surface area contributed by atoms with Crippen LogP contribution in [-0.2, 0) is 0 Å². The standard InChI is InChI=1S/C12H18/c1-5-6-11(9(2)3)12-8-7-10(12)4/h5,7,9H,1,6,8H2,2-4H3/b12-11+. The number of hydrogen-bond donors (Lipinski definition) is 0. The number of allylic oxidation sites excluding steroid dienone is 5. The van der Waals surface area contributed by atoms with Crippen LogP contribution in [0.5, 0.6) is 0 Å². The van der Waals surface area contributed by atoms with Crippen LogP contribution in [0.25, 0.3) is 0 Å². The fraction of sp³-hybridized carbons (Fsp3) is 0.500. The summed E-state index contributed by atoms with van der Waals surface area (Å²) in [7, 11) is 0. The van der Waals surface area contributed by atoms with E-state index < -0.39 is 0 Å². The lowest BCUT2D eigenvalue weighted by Gasteiger charge is -2.23. The first-order valence-electron chi connectivity index (χ1n) is 4.66. The summed E-state index contributed by atoms with van der Waals surface area (Å²) in [6.07, 6.45) is 6.53. The Balaban J connectivity index is 2.85. The average Bonchev–Trinajstić information content (AvgIpc) is 2.01. The molecule has 0 heteroatoms. The molecule has 0 atom stereocenters. The van der Waals surface area contributed by atoms with E-state index in [4.69, 9.17) is 0 Å². The Labute approximate surface area is 75.7 Å². The smallest absolute Gasteiger partial charge is 0.00893 e. The third-order valence-corrected chi connectivity index (χ3v) is 2.54. The van der Waals surface area contributed by atoms with E-state index >= 15 is 0 Å². The van der Waals surface area contributed by atoms with E-state index in [9.17, 15) is 0 Å². The molecule has 66 valence electrons. The average molecular weight is 162 g/mol. The van der Waals surface area contributed by atoms with Crippen LogP contribution in [-0.4, -0.2) is 0 Å². The van der Waals surface area contributed by atoms with Gasteiger partial charge in [0.2, 0.25) is 0 Å². The van der Waals surface area contributed by atoms with Crippen LogP contribution in [0.1, 0.15) is 33.6 Å². The first kappa shape index (κ1) is 9.31. The molecule has 0 saturated carbocycles. The Hall–Kier alpha value is -0.780. The SMILES string of the molecule is C=CC/C(=C1/CC=C1C)C(C)C. The Bertz CT molecular complexity index is 239. The van der Waals surface area contributed by atoms with Gasteiger partial charge in [-0.05, 0) is 31.3 Å². The zero-order valence-corrected chi connectivity index (χ0v) is 8.35. The lowest BCUT2D eigenvalue weighted by atomic mass is 9.83. The molecule has 0 aromatic carbocycles. The van der Waals surface area contributed by atoms with Crippen molar-refractivity contribution in [1.29, 1.82) is 0 Å². The largest absolute Gasteiger partial charge is 0.103 e. The van der Waals surface area contributed by atoms with E-state index in [2.05, 4.69) is 33.4 Å². The molecule has 0 spiro atoms. The maximum absolute atomic E-state index is 3.80. The highest BCUT2D eigenvalue weighted by Gasteiger charge is 2.15. The van der Waals surface area contributed by atoms with Crippen molar-refractivity contribution >= 4 is 0 Å². The van der Waals surface area contributed by atoms with E-state index in [-0.39, 0.29) is 0 Å². The van der Waals surface area contributed by atoms with E-state index in [1.54, 1.807) is 11.1 Å². The van der Waals surface area contributed by atoms with E-state index in [0.29, 0.717) is 5.92 Å². The molecule has 0 N–H and O–H groups in total. The maximum Gasteiger partial charge on any atom is -0.00893 e. The molecule has 0 nitrogen and oxygen atoms in total. The lowest BCUT2D eigenvalue weighted by molar-refractivity contribution is 0.726. The monoisotopic (exact) mass is 162 g/mol. The van der Waals surface area contributed by atoms with Gasteiger partial charge in [0.25, 0.3) is 0 Å². The molecular weight excluding hydrogens is 144 g/mol. The van der Waals surface area contributed by atoms with Crippen LogP contribution in [0, 0.1) is 5.92 Å². The highest BCUT2D eigenvalue weighted by atomic mass is 14.2. The Morgan fingerprint density at radius 2 is 2.33 bits per heavy atom. The second-order valence-electron chi connectivity index (χ2n) is 3.74. The van der Waals surface area contributed by atoms with Gasteiger partial charge in [0.05, 0.1) is 0 Å². The number of rotatable bonds is 3. The summed E-state index contributed by atoms with van der Waals surface area (Å²) in [5.41, 5.74) is 4.62. The molecule has 1 aliphatic carbocycles. The van der Waals surface area contributed by atoms with Crippen LogP contribution in [0.4, 0.5) is 0 Å². The molecule has 12 heavy (non-hydrogen) atoms. The van der Waals surface area contributed by atoms with E-state index in [1.165, 1.54) is 12.0 Å². The molecular formula is C12H18. The number of hydrogen-bond acceptors (Lipinski definition) is 0. The highest BCUT2D eigenvalue weighted by molar-refractivity contribution is 5.44. The quantitative estimate of drug-likeness (QED) is 0.553. The lowest BCUT2D eigenvalue weighted by Crippen LogP contribution is -2.05. The van der Waals surface area contributed by atoms with Gasteiger partial charge in [-0.2, -0.15) is 0 Å². The fourth-order valence-corrected chi connectivity index (χ4v) is 1.66. The van der Waals surface area contributed by atoms with Gasteiger partial charge in [0, 0.05) is 0 Å². The molecule has 0 aromatic heterocycles. The summed E-state index contributed by atoms with van der Waals surface area (Å²) in [6.45, 7) is 10.5. The summed E-state index contributed by atoms with van der Waals surface area (Å²) in [4.78, 5) is 0. The summed E-state index contributed by atoms with van der Waals surface area (Å²) < 4.78 is 0. The molecule has 0 aliphatic heterocycles. The third-order valence-electron chi connectivity index (χ3n) is 2.54. The predicted molar refractivity (Wildman–Crippen MR) is 55.1 cm³/mol. The van der Waals surface area contributed by atoms with E-state index in [0.717, 1.165) is 6.42 Å². The molecule has 0 amide bonds. The van der Waals surface area contributed by atoms with Crippen molar-refractivity contribution in [2.24, 2.45) is 5.92 Å². The maximum atomic E-state index is 3.80. The van der Waals surface area contributed by atoms with E-state index in [1.807, 2.05) is 6.08 Å². The summed E-state index contributed by atoms with van der Waals surface area (Å²) in [5, 5.41) is 0. The van der Waals surface area contributed by atoms with Crippen molar-refractivity contribution in [3.8, 4) is 0 Å². The van der Waals surface area contributed by atoms with Crippen LogP contribution >= 0.6 is 0 Å². The van der Waals surface area contributed by atoms with Gasteiger partial charge in [0.1, 0.15) is 0 Å². The topological polar surface area (TPSA) is 0 Å². The van der Waals surface area contributed by atoms with Gasteiger partial charge >= 0.3 is 0 Å². The van der Waals surface area contributed by atoms with Crippen molar-refractivity contribution in [3.05, 3.63) is 35.5 Å². The van der Waals surface area contributed by atoms with Gasteiger partial charge in [0.15, 0.2) is 0 Å². The Kier molecular flexibility index (Phi) is 2.91. The first-order valence-corrected chi connectivity index (χ1v) is 4.66. The molecule has 0 radical (unpaired) electrons. The van der Waals surface area contributed by atoms with Crippen LogP contribution < -0.4 is 0 Å².